The van der Waals surface area contributed by atoms with Crippen molar-refractivity contribution in [1.82, 2.24) is 10.2 Å². The summed E-state index contributed by atoms with van der Waals surface area (Å²) in [5.41, 5.74) is 1.75. The first kappa shape index (κ1) is 21.0. The zero-order valence-electron chi connectivity index (χ0n) is 16.1. The maximum absolute atomic E-state index is 13.1. The molecule has 0 unspecified atom stereocenters. The molecule has 4 nitrogen and oxygen atoms in total. The highest BCUT2D eigenvalue weighted by Gasteiger charge is 2.29. The first-order valence-corrected chi connectivity index (χ1v) is 9.67. The predicted molar refractivity (Wildman–Crippen MR) is 110 cm³/mol. The SMILES string of the molecule is CC[C@@H](C(=O)NC(C)C)N(Cc1ccccc1)C(=O)Cc1ccccc1Cl. The van der Waals surface area contributed by atoms with Crippen molar-refractivity contribution >= 4 is 23.4 Å². The van der Waals surface area contributed by atoms with Crippen LogP contribution in [0, 0.1) is 0 Å². The molecule has 1 N–H and O–H groups in total. The molecule has 27 heavy (non-hydrogen) atoms. The highest BCUT2D eigenvalue weighted by atomic mass is 35.5. The van der Waals surface area contributed by atoms with Crippen LogP contribution < -0.4 is 5.32 Å². The van der Waals surface area contributed by atoms with Gasteiger partial charge in [-0.2, -0.15) is 0 Å². The van der Waals surface area contributed by atoms with Gasteiger partial charge in [-0.3, -0.25) is 9.59 Å². The van der Waals surface area contributed by atoms with Gasteiger partial charge in [0.1, 0.15) is 6.04 Å². The number of carbonyl (C=O) groups excluding carboxylic acids is 2. The third-order valence-electron chi connectivity index (χ3n) is 4.31. The summed E-state index contributed by atoms with van der Waals surface area (Å²) in [6.45, 7) is 6.13. The van der Waals surface area contributed by atoms with Gasteiger partial charge in [0.2, 0.25) is 11.8 Å². The number of rotatable bonds is 8. The van der Waals surface area contributed by atoms with Crippen molar-refractivity contribution in [3.05, 3.63) is 70.7 Å². The summed E-state index contributed by atoms with van der Waals surface area (Å²) in [7, 11) is 0. The Morgan fingerprint density at radius 2 is 1.67 bits per heavy atom. The Morgan fingerprint density at radius 3 is 2.26 bits per heavy atom. The van der Waals surface area contributed by atoms with Crippen molar-refractivity contribution in [2.45, 2.75) is 52.2 Å². The maximum Gasteiger partial charge on any atom is 0.243 e. The Kier molecular flexibility index (Phi) is 7.86. The number of hydrogen-bond donors (Lipinski definition) is 1. The predicted octanol–water partition coefficient (Wildman–Crippen LogP) is 4.21. The monoisotopic (exact) mass is 386 g/mol. The Bertz CT molecular complexity index is 762. The fraction of sp³-hybridized carbons (Fsp3) is 0.364. The van der Waals surface area contributed by atoms with Crippen LogP contribution in [-0.4, -0.2) is 28.8 Å². The van der Waals surface area contributed by atoms with E-state index in [0.29, 0.717) is 18.0 Å². The molecule has 0 saturated heterocycles. The van der Waals surface area contributed by atoms with Crippen LogP contribution >= 0.6 is 11.6 Å². The zero-order chi connectivity index (χ0) is 19.8. The van der Waals surface area contributed by atoms with Gasteiger partial charge in [0.05, 0.1) is 6.42 Å². The number of halogens is 1. The second-order valence-corrected chi connectivity index (χ2v) is 7.27. The normalized spacial score (nSPS) is 11.9. The molecule has 0 spiro atoms. The molecule has 2 amide bonds. The summed E-state index contributed by atoms with van der Waals surface area (Å²) in [6.07, 6.45) is 0.706. The number of amides is 2. The molecule has 144 valence electrons. The van der Waals surface area contributed by atoms with Crippen molar-refractivity contribution in [3.63, 3.8) is 0 Å². The molecule has 2 aromatic carbocycles. The average molecular weight is 387 g/mol. The van der Waals surface area contributed by atoms with Crippen molar-refractivity contribution in [2.24, 2.45) is 0 Å². The fourth-order valence-corrected chi connectivity index (χ4v) is 3.19. The minimum atomic E-state index is -0.525. The lowest BCUT2D eigenvalue weighted by atomic mass is 10.1. The summed E-state index contributed by atoms with van der Waals surface area (Å²) < 4.78 is 0. The van der Waals surface area contributed by atoms with Crippen LogP contribution in [0.25, 0.3) is 0 Å². The van der Waals surface area contributed by atoms with Crippen molar-refractivity contribution in [3.8, 4) is 0 Å². The fourth-order valence-electron chi connectivity index (χ4n) is 2.99. The van der Waals surface area contributed by atoms with Gasteiger partial charge in [-0.1, -0.05) is 67.1 Å². The third kappa shape index (κ3) is 6.10. The van der Waals surface area contributed by atoms with Gasteiger partial charge in [0.25, 0.3) is 0 Å². The lowest BCUT2D eigenvalue weighted by Crippen LogP contribution is -2.50. The molecule has 0 aliphatic rings. The Balaban J connectivity index is 2.28. The van der Waals surface area contributed by atoms with E-state index >= 15 is 0 Å². The molecular formula is C22H27ClN2O2. The Morgan fingerprint density at radius 1 is 1.04 bits per heavy atom. The van der Waals surface area contributed by atoms with E-state index in [4.69, 9.17) is 11.6 Å². The molecule has 0 aromatic heterocycles. The second-order valence-electron chi connectivity index (χ2n) is 6.86. The molecule has 0 saturated carbocycles. The Hall–Kier alpha value is -2.33. The molecule has 0 aliphatic heterocycles. The molecule has 0 radical (unpaired) electrons. The summed E-state index contributed by atoms with van der Waals surface area (Å²) in [4.78, 5) is 27.5. The molecule has 5 heteroatoms. The summed E-state index contributed by atoms with van der Waals surface area (Å²) >= 11 is 6.23. The number of benzene rings is 2. The minimum absolute atomic E-state index is 0.0174. The van der Waals surface area contributed by atoms with Gasteiger partial charge in [0.15, 0.2) is 0 Å². The number of carbonyl (C=O) groups is 2. The number of nitrogens with one attached hydrogen (secondary N) is 1. The average Bonchev–Trinajstić information content (AvgIpc) is 2.63. The standard InChI is InChI=1S/C22H27ClN2O2/c1-4-20(22(27)24-16(2)3)25(15-17-10-6-5-7-11-17)21(26)14-18-12-8-9-13-19(18)23/h5-13,16,20H,4,14-15H2,1-3H3,(H,24,27)/t20-/m0/s1. The van der Waals surface area contributed by atoms with Crippen LogP contribution in [0.1, 0.15) is 38.3 Å². The first-order valence-electron chi connectivity index (χ1n) is 9.29. The number of nitrogens with zero attached hydrogens (tertiary/aromatic N) is 1. The first-order chi connectivity index (χ1) is 12.9. The van der Waals surface area contributed by atoms with Crippen LogP contribution in [0.15, 0.2) is 54.6 Å². The van der Waals surface area contributed by atoms with Crippen molar-refractivity contribution < 1.29 is 9.59 Å². The van der Waals surface area contributed by atoms with Crippen LogP contribution in [-0.2, 0) is 22.6 Å². The molecule has 0 bridgehead atoms. The van der Waals surface area contributed by atoms with Gasteiger partial charge >= 0.3 is 0 Å². The lowest BCUT2D eigenvalue weighted by molar-refractivity contribution is -0.141. The molecule has 1 atom stereocenters. The molecule has 2 rings (SSSR count). The number of hydrogen-bond acceptors (Lipinski definition) is 2. The summed E-state index contributed by atoms with van der Waals surface area (Å²) in [5.74, 6) is -0.242. The summed E-state index contributed by atoms with van der Waals surface area (Å²) in [5, 5.41) is 3.49. The van der Waals surface area contributed by atoms with Gasteiger partial charge in [-0.25, -0.2) is 0 Å². The molecule has 0 aliphatic carbocycles. The highest BCUT2D eigenvalue weighted by molar-refractivity contribution is 6.31. The van der Waals surface area contributed by atoms with Gasteiger partial charge < -0.3 is 10.2 Å². The summed E-state index contributed by atoms with van der Waals surface area (Å²) in [6, 6.07) is 16.5. The molecule has 0 fully saturated rings. The van der Waals surface area contributed by atoms with E-state index < -0.39 is 6.04 Å². The second kappa shape index (κ2) is 10.1. The lowest BCUT2D eigenvalue weighted by Gasteiger charge is -2.31. The van der Waals surface area contributed by atoms with Gasteiger partial charge in [-0.05, 0) is 37.5 Å². The Labute approximate surface area is 166 Å². The minimum Gasteiger partial charge on any atom is -0.352 e. The highest BCUT2D eigenvalue weighted by Crippen LogP contribution is 2.19. The van der Waals surface area contributed by atoms with Crippen molar-refractivity contribution in [1.29, 1.82) is 0 Å². The van der Waals surface area contributed by atoms with E-state index in [1.807, 2.05) is 69.3 Å². The zero-order valence-corrected chi connectivity index (χ0v) is 16.9. The van der Waals surface area contributed by atoms with Crippen LogP contribution in [0.4, 0.5) is 0 Å². The smallest absolute Gasteiger partial charge is 0.243 e. The van der Waals surface area contributed by atoms with Crippen LogP contribution in [0.5, 0.6) is 0 Å². The van der Waals surface area contributed by atoms with Gasteiger partial charge in [0, 0.05) is 17.6 Å². The van der Waals surface area contributed by atoms with E-state index in [1.165, 1.54) is 0 Å². The van der Waals surface area contributed by atoms with E-state index in [2.05, 4.69) is 5.32 Å². The van der Waals surface area contributed by atoms with Crippen molar-refractivity contribution in [2.75, 3.05) is 0 Å². The quantitative estimate of drug-likeness (QED) is 0.738. The molecular weight excluding hydrogens is 360 g/mol. The maximum atomic E-state index is 13.1. The molecule has 0 heterocycles. The topological polar surface area (TPSA) is 49.4 Å². The van der Waals surface area contributed by atoms with Gasteiger partial charge in [-0.15, -0.1) is 0 Å². The van der Waals surface area contributed by atoms with Crippen LogP contribution in [0.3, 0.4) is 0 Å². The largest absolute Gasteiger partial charge is 0.352 e. The third-order valence-corrected chi connectivity index (χ3v) is 4.68. The van der Waals surface area contributed by atoms with E-state index in [0.717, 1.165) is 11.1 Å². The molecule has 2 aromatic rings. The van der Waals surface area contributed by atoms with E-state index in [1.54, 1.807) is 11.0 Å². The van der Waals surface area contributed by atoms with E-state index in [9.17, 15) is 9.59 Å². The van der Waals surface area contributed by atoms with Crippen LogP contribution in [0.2, 0.25) is 5.02 Å². The van der Waals surface area contributed by atoms with E-state index in [-0.39, 0.29) is 24.3 Å².